The molecule has 1 amide bonds. The maximum Gasteiger partial charge on any atom is 0.251 e. The number of nitrogens with zero attached hydrogens (tertiary/aromatic N) is 2. The lowest BCUT2D eigenvalue weighted by molar-refractivity contribution is -0.115. The second-order valence-electron chi connectivity index (χ2n) is 10.5. The molecule has 0 aromatic heterocycles. The van der Waals surface area contributed by atoms with Crippen molar-refractivity contribution in [3.05, 3.63) is 64.3 Å². The van der Waals surface area contributed by atoms with E-state index in [1.54, 1.807) is 0 Å². The summed E-state index contributed by atoms with van der Waals surface area (Å²) in [6.45, 7) is 5.46. The Balaban J connectivity index is 1.63. The molecule has 1 aromatic carbocycles. The van der Waals surface area contributed by atoms with Gasteiger partial charge in [-0.25, -0.2) is 0 Å². The van der Waals surface area contributed by atoms with Crippen molar-refractivity contribution in [1.29, 1.82) is 0 Å². The van der Waals surface area contributed by atoms with Crippen molar-refractivity contribution in [2.75, 3.05) is 32.1 Å². The molecule has 1 saturated carbocycles. The average molecular weight is 476 g/mol. The highest BCUT2D eigenvalue weighted by Crippen LogP contribution is 2.33. The van der Waals surface area contributed by atoms with Crippen molar-refractivity contribution in [2.24, 2.45) is 0 Å². The molecule has 0 saturated heterocycles. The van der Waals surface area contributed by atoms with Gasteiger partial charge in [-0.15, -0.1) is 0 Å². The lowest BCUT2D eigenvalue weighted by atomic mass is 9.88. The smallest absolute Gasteiger partial charge is 0.251 e. The van der Waals surface area contributed by atoms with Gasteiger partial charge < -0.3 is 15.1 Å². The summed E-state index contributed by atoms with van der Waals surface area (Å²) in [5.74, 6) is 0.0508. The zero-order chi connectivity index (χ0) is 24.9. The van der Waals surface area contributed by atoms with Crippen molar-refractivity contribution in [1.82, 2.24) is 10.2 Å². The van der Waals surface area contributed by atoms with Crippen LogP contribution in [0.4, 0.5) is 5.69 Å². The van der Waals surface area contributed by atoms with Crippen molar-refractivity contribution in [3.8, 4) is 0 Å². The molecular formula is C30H41N3O2. The number of carbonyl (C=O) groups excluding carboxylic acids is 2. The number of ketones is 1. The molecule has 0 bridgehead atoms. The van der Waals surface area contributed by atoms with E-state index in [2.05, 4.69) is 60.4 Å². The van der Waals surface area contributed by atoms with E-state index in [1.807, 2.05) is 19.1 Å². The highest BCUT2D eigenvalue weighted by atomic mass is 16.2. The largest absolute Gasteiger partial charge is 0.369 e. The first-order chi connectivity index (χ1) is 16.9. The van der Waals surface area contributed by atoms with Gasteiger partial charge in [-0.1, -0.05) is 29.9 Å². The summed E-state index contributed by atoms with van der Waals surface area (Å²) in [7, 11) is 4.36. The molecule has 5 nitrogen and oxygen atoms in total. The molecule has 4 rings (SSSR count). The number of hydrogen-bond donors (Lipinski definition) is 1. The fourth-order valence-electron chi connectivity index (χ4n) is 6.01. The Bertz CT molecular complexity index is 1040. The Morgan fingerprint density at radius 2 is 1.77 bits per heavy atom. The van der Waals surface area contributed by atoms with Crippen LogP contribution in [0, 0.1) is 0 Å². The molecule has 1 aromatic rings. The maximum absolute atomic E-state index is 13.4. The molecule has 0 radical (unpaired) electrons. The topological polar surface area (TPSA) is 52.7 Å². The van der Waals surface area contributed by atoms with E-state index in [-0.39, 0.29) is 11.7 Å². The SMILES string of the molecule is CCN(c1cccc2c1C/C=C/CCC1=C(CNC2=O)C(=O)CC(C)=C1)C1CCC(N(C)C)CC1. The zero-order valence-corrected chi connectivity index (χ0v) is 21.9. The van der Waals surface area contributed by atoms with Crippen LogP contribution < -0.4 is 10.2 Å². The van der Waals surface area contributed by atoms with Crippen LogP contribution in [-0.2, 0) is 11.2 Å². The van der Waals surface area contributed by atoms with Crippen LogP contribution in [0.5, 0.6) is 0 Å². The Morgan fingerprint density at radius 3 is 2.49 bits per heavy atom. The van der Waals surface area contributed by atoms with Crippen LogP contribution >= 0.6 is 0 Å². The molecule has 1 N–H and O–H groups in total. The first-order valence-electron chi connectivity index (χ1n) is 13.3. The maximum atomic E-state index is 13.4. The van der Waals surface area contributed by atoms with E-state index in [0.29, 0.717) is 25.0 Å². The average Bonchev–Trinajstić information content (AvgIpc) is 2.83. The molecule has 0 unspecified atom stereocenters. The summed E-state index contributed by atoms with van der Waals surface area (Å²) in [6, 6.07) is 7.30. The number of Topliss-reactive ketones (excluding diaryl/α,β-unsaturated/α-hetero) is 1. The first kappa shape index (κ1) is 25.4. The minimum absolute atomic E-state index is 0.0888. The number of amides is 1. The van der Waals surface area contributed by atoms with Crippen LogP contribution in [0.2, 0.25) is 0 Å². The van der Waals surface area contributed by atoms with Gasteiger partial charge in [0.1, 0.15) is 0 Å². The molecule has 188 valence electrons. The highest BCUT2D eigenvalue weighted by Gasteiger charge is 2.28. The van der Waals surface area contributed by atoms with Crippen LogP contribution in [0.15, 0.2) is 53.1 Å². The Labute approximate surface area is 210 Å². The predicted octanol–water partition coefficient (Wildman–Crippen LogP) is 5.22. The molecule has 5 heteroatoms. The number of hydrogen-bond acceptors (Lipinski definition) is 4. The Morgan fingerprint density at radius 1 is 1.03 bits per heavy atom. The van der Waals surface area contributed by atoms with Gasteiger partial charge in [0.25, 0.3) is 5.91 Å². The van der Waals surface area contributed by atoms with E-state index in [1.165, 1.54) is 31.4 Å². The molecule has 1 fully saturated rings. The number of nitrogens with one attached hydrogen (secondary N) is 1. The van der Waals surface area contributed by atoms with E-state index in [4.69, 9.17) is 0 Å². The van der Waals surface area contributed by atoms with Gasteiger partial charge in [0, 0.05) is 48.4 Å². The Kier molecular flexibility index (Phi) is 8.27. The van der Waals surface area contributed by atoms with Gasteiger partial charge in [0.05, 0.1) is 0 Å². The molecule has 2 aliphatic carbocycles. The summed E-state index contributed by atoms with van der Waals surface area (Å²) in [4.78, 5) is 31.0. The monoisotopic (exact) mass is 475 g/mol. The lowest BCUT2D eigenvalue weighted by Gasteiger charge is -2.40. The summed E-state index contributed by atoms with van der Waals surface area (Å²) >= 11 is 0. The number of allylic oxidation sites excluding steroid dienone is 5. The van der Waals surface area contributed by atoms with Crippen LogP contribution in [0.25, 0.3) is 0 Å². The zero-order valence-electron chi connectivity index (χ0n) is 21.9. The van der Waals surface area contributed by atoms with Crippen molar-refractivity contribution in [2.45, 2.75) is 77.3 Å². The first-order valence-corrected chi connectivity index (χ1v) is 13.3. The van der Waals surface area contributed by atoms with Gasteiger partial charge in [0.2, 0.25) is 0 Å². The van der Waals surface area contributed by atoms with Crippen LogP contribution in [-0.4, -0.2) is 55.9 Å². The normalized spacial score (nSPS) is 24.5. The van der Waals surface area contributed by atoms with Gasteiger partial charge in [-0.3, -0.25) is 9.59 Å². The molecule has 0 atom stereocenters. The van der Waals surface area contributed by atoms with Gasteiger partial charge in [-0.05, 0) is 96.2 Å². The van der Waals surface area contributed by atoms with Crippen molar-refractivity contribution < 1.29 is 9.59 Å². The third kappa shape index (κ3) is 5.78. The summed E-state index contributed by atoms with van der Waals surface area (Å²) in [5, 5.41) is 3.09. The summed E-state index contributed by atoms with van der Waals surface area (Å²) in [6.07, 6.45) is 14.2. The van der Waals surface area contributed by atoms with Crippen LogP contribution in [0.1, 0.15) is 74.7 Å². The fourth-order valence-corrected chi connectivity index (χ4v) is 6.01. The van der Waals surface area contributed by atoms with Gasteiger partial charge in [0.15, 0.2) is 5.78 Å². The number of fused-ring (bicyclic) bond motifs is 1. The number of benzene rings is 1. The molecule has 35 heavy (non-hydrogen) atoms. The molecular weight excluding hydrogens is 434 g/mol. The number of carbonyl (C=O) groups is 2. The van der Waals surface area contributed by atoms with E-state index >= 15 is 0 Å². The third-order valence-corrected chi connectivity index (χ3v) is 7.96. The summed E-state index contributed by atoms with van der Waals surface area (Å²) < 4.78 is 0. The van der Waals surface area contributed by atoms with Gasteiger partial charge in [-0.2, -0.15) is 0 Å². The quantitative estimate of drug-likeness (QED) is 0.607. The van der Waals surface area contributed by atoms with Crippen molar-refractivity contribution in [3.63, 3.8) is 0 Å². The summed E-state index contributed by atoms with van der Waals surface area (Å²) in [5.41, 5.74) is 5.95. The minimum atomic E-state index is -0.0888. The van der Waals surface area contributed by atoms with E-state index in [9.17, 15) is 9.59 Å². The molecule has 1 heterocycles. The van der Waals surface area contributed by atoms with Gasteiger partial charge >= 0.3 is 0 Å². The molecule has 1 aliphatic heterocycles. The highest BCUT2D eigenvalue weighted by molar-refractivity contribution is 6.02. The predicted molar refractivity (Wildman–Crippen MR) is 144 cm³/mol. The standard InChI is InChI=1S/C30H41N3O2/c1-5-33(24-16-14-23(15-17-24)32(3)4)28-13-9-12-26-25(28)11-8-6-7-10-22-18-21(2)19-29(34)27(22)20-31-30(26)35/h6,8-9,12-13,18,23-24H,5,7,10-11,14-17,19-20H2,1-4H3,(H,31,35)/b8-6+. The van der Waals surface area contributed by atoms with E-state index in [0.717, 1.165) is 53.7 Å². The fraction of sp³-hybridized carbons (Fsp3) is 0.533. The Hall–Kier alpha value is -2.66. The number of rotatable bonds is 4. The van der Waals surface area contributed by atoms with E-state index < -0.39 is 0 Å². The molecule has 3 aliphatic rings. The van der Waals surface area contributed by atoms with Crippen molar-refractivity contribution >= 4 is 17.4 Å². The minimum Gasteiger partial charge on any atom is -0.369 e. The van der Waals surface area contributed by atoms with Crippen LogP contribution in [0.3, 0.4) is 0 Å². The second kappa shape index (κ2) is 11.4. The second-order valence-corrected chi connectivity index (χ2v) is 10.5. The lowest BCUT2D eigenvalue weighted by Crippen LogP contribution is -2.42. The number of anilines is 1. The third-order valence-electron chi connectivity index (χ3n) is 7.96. The molecule has 0 spiro atoms.